The zero-order valence-corrected chi connectivity index (χ0v) is 16.0. The van der Waals surface area contributed by atoms with Gasteiger partial charge in [0, 0.05) is 36.9 Å². The monoisotopic (exact) mass is 383 g/mol. The van der Waals surface area contributed by atoms with Crippen molar-refractivity contribution >= 4 is 27.4 Å². The summed E-state index contributed by atoms with van der Waals surface area (Å²) in [7, 11) is 1.68. The molecule has 0 radical (unpaired) electrons. The molecule has 4 heterocycles. The molecule has 0 saturated carbocycles. The van der Waals surface area contributed by atoms with Gasteiger partial charge in [0.2, 0.25) is 0 Å². The van der Waals surface area contributed by atoms with Crippen molar-refractivity contribution in [2.24, 2.45) is 0 Å². The van der Waals surface area contributed by atoms with Crippen LogP contribution in [0.5, 0.6) is 5.75 Å². The maximum Gasteiger partial charge on any atom is 0.171 e. The van der Waals surface area contributed by atoms with Crippen LogP contribution in [0.3, 0.4) is 0 Å². The number of aromatic nitrogens is 2. The zero-order valence-electron chi connectivity index (χ0n) is 15.2. The van der Waals surface area contributed by atoms with Crippen molar-refractivity contribution in [1.82, 2.24) is 9.97 Å². The van der Waals surface area contributed by atoms with Crippen LogP contribution in [-0.4, -0.2) is 49.2 Å². The van der Waals surface area contributed by atoms with E-state index in [4.69, 9.17) is 14.2 Å². The second-order valence-electron chi connectivity index (χ2n) is 6.85. The van der Waals surface area contributed by atoms with Crippen LogP contribution in [0.2, 0.25) is 0 Å². The minimum absolute atomic E-state index is 0.379. The third-order valence-corrected chi connectivity index (χ3v) is 6.28. The second-order valence-corrected chi connectivity index (χ2v) is 7.71. The normalized spacial score (nSPS) is 19.1. The number of rotatable bonds is 3. The van der Waals surface area contributed by atoms with E-state index in [1.54, 1.807) is 24.8 Å². The van der Waals surface area contributed by atoms with Gasteiger partial charge in [0.05, 0.1) is 25.7 Å². The summed E-state index contributed by atoms with van der Waals surface area (Å²) in [5.41, 5.74) is 2.32. The van der Waals surface area contributed by atoms with E-state index in [1.165, 1.54) is 5.56 Å². The Hall–Kier alpha value is -2.22. The Bertz CT molecular complexity index is 941. The first-order valence-corrected chi connectivity index (χ1v) is 10.1. The van der Waals surface area contributed by atoms with Crippen molar-refractivity contribution in [3.63, 3.8) is 0 Å². The summed E-state index contributed by atoms with van der Waals surface area (Å²) in [6.07, 6.45) is 3.39. The lowest BCUT2D eigenvalue weighted by molar-refractivity contribution is -0.169. The first kappa shape index (κ1) is 16.9. The highest BCUT2D eigenvalue weighted by atomic mass is 32.1. The van der Waals surface area contributed by atoms with Crippen molar-refractivity contribution in [2.45, 2.75) is 18.6 Å². The zero-order chi connectivity index (χ0) is 18.3. The van der Waals surface area contributed by atoms with Gasteiger partial charge in [0.15, 0.2) is 5.79 Å². The minimum atomic E-state index is -0.379. The van der Waals surface area contributed by atoms with Crippen molar-refractivity contribution in [2.75, 3.05) is 38.3 Å². The van der Waals surface area contributed by atoms with Gasteiger partial charge in [-0.1, -0.05) is 12.1 Å². The Morgan fingerprint density at radius 1 is 1.07 bits per heavy atom. The molecule has 2 saturated heterocycles. The molecule has 0 unspecified atom stereocenters. The summed E-state index contributed by atoms with van der Waals surface area (Å²) in [6, 6.07) is 8.15. The lowest BCUT2D eigenvalue weighted by atomic mass is 10.0. The summed E-state index contributed by atoms with van der Waals surface area (Å²) in [5, 5.41) is 3.29. The molecular weight excluding hydrogens is 362 g/mol. The first-order valence-electron chi connectivity index (χ1n) is 9.17. The molecule has 140 valence electrons. The fourth-order valence-corrected chi connectivity index (χ4v) is 4.84. The molecular formula is C20H21N3O3S. The van der Waals surface area contributed by atoms with E-state index >= 15 is 0 Å². The highest BCUT2D eigenvalue weighted by Crippen LogP contribution is 2.40. The number of methoxy groups -OCH3 is 1. The molecule has 1 spiro atoms. The van der Waals surface area contributed by atoms with Gasteiger partial charge in [-0.3, -0.25) is 0 Å². The van der Waals surface area contributed by atoms with Crippen molar-refractivity contribution < 1.29 is 14.2 Å². The number of hydrogen-bond donors (Lipinski definition) is 0. The van der Waals surface area contributed by atoms with Crippen LogP contribution in [0.15, 0.2) is 36.0 Å². The third kappa shape index (κ3) is 2.96. The molecule has 2 aliphatic rings. The standard InChI is InChI=1S/C20H21N3O3S/c1-24-15-4-2-14(3-5-15)16-12-27-19-17(16)18(21-13-22-19)23-8-6-20(7-9-23)25-10-11-26-20/h2-5,12-13H,6-11H2,1H3. The number of nitrogens with zero attached hydrogens (tertiary/aromatic N) is 3. The maximum absolute atomic E-state index is 5.86. The van der Waals surface area contributed by atoms with Gasteiger partial charge in [0.1, 0.15) is 22.7 Å². The maximum atomic E-state index is 5.86. The summed E-state index contributed by atoms with van der Waals surface area (Å²) >= 11 is 1.66. The Kier molecular flexibility index (Phi) is 4.22. The van der Waals surface area contributed by atoms with E-state index in [1.807, 2.05) is 12.1 Å². The molecule has 1 aromatic carbocycles. The smallest absolute Gasteiger partial charge is 0.171 e. The van der Waals surface area contributed by atoms with Gasteiger partial charge >= 0.3 is 0 Å². The summed E-state index contributed by atoms with van der Waals surface area (Å²) in [4.78, 5) is 12.5. The van der Waals surface area contributed by atoms with E-state index in [9.17, 15) is 0 Å². The van der Waals surface area contributed by atoms with Gasteiger partial charge < -0.3 is 19.1 Å². The van der Waals surface area contributed by atoms with Crippen LogP contribution in [-0.2, 0) is 9.47 Å². The summed E-state index contributed by atoms with van der Waals surface area (Å²) in [6.45, 7) is 3.13. The lowest BCUT2D eigenvalue weighted by Gasteiger charge is -2.38. The van der Waals surface area contributed by atoms with Crippen molar-refractivity contribution in [1.29, 1.82) is 0 Å². The molecule has 27 heavy (non-hydrogen) atoms. The Morgan fingerprint density at radius 3 is 2.52 bits per heavy atom. The molecule has 7 heteroatoms. The average Bonchev–Trinajstić information content (AvgIpc) is 3.36. The van der Waals surface area contributed by atoms with Crippen LogP contribution >= 0.6 is 11.3 Å². The van der Waals surface area contributed by atoms with Crippen LogP contribution in [0, 0.1) is 0 Å². The van der Waals surface area contributed by atoms with Crippen LogP contribution < -0.4 is 9.64 Å². The first-order chi connectivity index (χ1) is 13.3. The lowest BCUT2D eigenvalue weighted by Crippen LogP contribution is -2.45. The molecule has 2 aliphatic heterocycles. The number of fused-ring (bicyclic) bond motifs is 1. The van der Waals surface area contributed by atoms with E-state index < -0.39 is 0 Å². The number of benzene rings is 1. The van der Waals surface area contributed by atoms with Gasteiger partial charge in [-0.2, -0.15) is 0 Å². The molecule has 0 aliphatic carbocycles. The van der Waals surface area contributed by atoms with Gasteiger partial charge in [-0.05, 0) is 17.7 Å². The molecule has 2 aromatic heterocycles. The second kappa shape index (κ2) is 6.74. The molecule has 2 fully saturated rings. The Morgan fingerprint density at radius 2 is 1.81 bits per heavy atom. The number of anilines is 1. The molecule has 0 bridgehead atoms. The third-order valence-electron chi connectivity index (χ3n) is 5.39. The average molecular weight is 383 g/mol. The van der Waals surface area contributed by atoms with Crippen LogP contribution in [0.4, 0.5) is 5.82 Å². The largest absolute Gasteiger partial charge is 0.497 e. The van der Waals surface area contributed by atoms with Crippen LogP contribution in [0.1, 0.15) is 12.8 Å². The van der Waals surface area contributed by atoms with E-state index in [-0.39, 0.29) is 5.79 Å². The Labute approximate surface area is 161 Å². The van der Waals surface area contributed by atoms with Crippen molar-refractivity contribution in [3.8, 4) is 16.9 Å². The number of piperidine rings is 1. The fraction of sp³-hybridized carbons (Fsp3) is 0.400. The summed E-state index contributed by atoms with van der Waals surface area (Å²) < 4.78 is 17.0. The number of thiophene rings is 1. The molecule has 0 N–H and O–H groups in total. The van der Waals surface area contributed by atoms with Gasteiger partial charge in [0.25, 0.3) is 0 Å². The molecule has 0 atom stereocenters. The summed E-state index contributed by atoms with van der Waals surface area (Å²) in [5.74, 6) is 1.48. The molecule has 5 rings (SSSR count). The van der Waals surface area contributed by atoms with E-state index in [0.29, 0.717) is 13.2 Å². The fourth-order valence-electron chi connectivity index (χ4n) is 3.93. The highest BCUT2D eigenvalue weighted by molar-refractivity contribution is 7.17. The van der Waals surface area contributed by atoms with E-state index in [0.717, 1.165) is 53.3 Å². The minimum Gasteiger partial charge on any atom is -0.497 e. The molecule has 6 nitrogen and oxygen atoms in total. The van der Waals surface area contributed by atoms with E-state index in [2.05, 4.69) is 32.4 Å². The Balaban J connectivity index is 1.50. The number of hydrogen-bond acceptors (Lipinski definition) is 7. The van der Waals surface area contributed by atoms with Gasteiger partial charge in [-0.25, -0.2) is 9.97 Å². The van der Waals surface area contributed by atoms with Crippen molar-refractivity contribution in [3.05, 3.63) is 36.0 Å². The number of ether oxygens (including phenoxy) is 3. The SMILES string of the molecule is COc1ccc(-c2csc3ncnc(N4CCC5(CC4)OCCO5)c23)cc1. The quantitative estimate of drug-likeness (QED) is 0.687. The topological polar surface area (TPSA) is 56.7 Å². The van der Waals surface area contributed by atoms with Gasteiger partial charge in [-0.15, -0.1) is 11.3 Å². The highest BCUT2D eigenvalue weighted by Gasteiger charge is 2.40. The molecule has 3 aromatic rings. The molecule has 0 amide bonds. The van der Waals surface area contributed by atoms with Crippen LogP contribution in [0.25, 0.3) is 21.3 Å². The predicted octanol–water partition coefficient (Wildman–Crippen LogP) is 3.71. The predicted molar refractivity (Wildman–Crippen MR) is 105 cm³/mol.